The van der Waals surface area contributed by atoms with Gasteiger partial charge in [-0.1, -0.05) is 48.2 Å². The summed E-state index contributed by atoms with van der Waals surface area (Å²) in [6, 6.07) is 30.7. The number of nitrogens with zero attached hydrogens (tertiary/aromatic N) is 4. The molecular formula is C38H32N6O2. The first kappa shape index (κ1) is 27.8. The Morgan fingerprint density at radius 2 is 1.13 bits per heavy atom. The number of carbonyl (C=O) groups is 2. The van der Waals surface area contributed by atoms with E-state index in [1.807, 2.05) is 107 Å². The number of nitrogens with one attached hydrogen (secondary N) is 2. The second kappa shape index (κ2) is 11.7. The van der Waals surface area contributed by atoms with Gasteiger partial charge in [-0.25, -0.2) is 9.97 Å². The Bertz CT molecular complexity index is 1990. The number of fused-ring (bicyclic) bond motifs is 2. The molecule has 2 aliphatic heterocycles. The van der Waals surface area contributed by atoms with Crippen molar-refractivity contribution in [1.29, 1.82) is 0 Å². The first-order chi connectivity index (χ1) is 22.6. The smallest absolute Gasteiger partial charge is 0.254 e. The summed E-state index contributed by atoms with van der Waals surface area (Å²) < 4.78 is 0. The van der Waals surface area contributed by atoms with Crippen LogP contribution in [0, 0.1) is 11.8 Å². The fraction of sp³-hybridized carbons (Fsp3) is 0.211. The van der Waals surface area contributed by atoms with Crippen LogP contribution in [0.2, 0.25) is 0 Å². The largest absolute Gasteiger partial charge is 0.340 e. The standard InChI is InChI=1S/C38H32N6O2/c45-37(27-9-3-1-4-10-27)43-21-7-13-33(43)35-39-29-19-17-25(23-31(29)41-35)15-16-26-18-20-30-32(24-26)42-36(40-30)34-14-8-22-44(34)38(46)28-11-5-2-6-12-28/h1-6,9-12,17-20,23-24,33-34H,7-8,13-14,21-22H2,(H,39,41)(H,40,42)/t33-,34-/m0/s1. The van der Waals surface area contributed by atoms with Gasteiger partial charge >= 0.3 is 0 Å². The van der Waals surface area contributed by atoms with Gasteiger partial charge in [-0.05, 0) is 86.3 Å². The lowest BCUT2D eigenvalue weighted by Crippen LogP contribution is -2.31. The number of carbonyl (C=O) groups excluding carboxylic acids is 2. The Morgan fingerprint density at radius 1 is 0.609 bits per heavy atom. The van der Waals surface area contributed by atoms with Crippen molar-refractivity contribution in [1.82, 2.24) is 29.7 Å². The number of rotatable bonds is 4. The van der Waals surface area contributed by atoms with E-state index in [1.165, 1.54) is 0 Å². The number of likely N-dealkylation sites (tertiary alicyclic amines) is 2. The number of aromatic nitrogens is 4. The van der Waals surface area contributed by atoms with Crippen LogP contribution in [-0.4, -0.2) is 54.6 Å². The van der Waals surface area contributed by atoms with Gasteiger partial charge < -0.3 is 19.8 Å². The van der Waals surface area contributed by atoms with E-state index < -0.39 is 0 Å². The maximum atomic E-state index is 13.2. The van der Waals surface area contributed by atoms with Crippen LogP contribution < -0.4 is 0 Å². The van der Waals surface area contributed by atoms with Crippen LogP contribution in [0.25, 0.3) is 22.1 Å². The number of hydrogen-bond donors (Lipinski definition) is 2. The third-order valence-electron chi connectivity index (χ3n) is 9.05. The number of amides is 2. The number of benzene rings is 4. The summed E-state index contributed by atoms with van der Waals surface area (Å²) in [5.74, 6) is 8.29. The highest BCUT2D eigenvalue weighted by atomic mass is 16.2. The number of aromatic amines is 2. The summed E-state index contributed by atoms with van der Waals surface area (Å²) >= 11 is 0. The number of H-pyrrole nitrogens is 2. The quantitative estimate of drug-likeness (QED) is 0.217. The number of hydrogen-bond acceptors (Lipinski definition) is 4. The van der Waals surface area contributed by atoms with Crippen molar-refractivity contribution in [3.8, 4) is 11.8 Å². The van der Waals surface area contributed by atoms with Crippen molar-refractivity contribution < 1.29 is 9.59 Å². The molecule has 226 valence electrons. The normalized spacial score (nSPS) is 17.8. The minimum absolute atomic E-state index is 0.0392. The minimum Gasteiger partial charge on any atom is -0.340 e. The highest BCUT2D eigenvalue weighted by molar-refractivity contribution is 5.95. The van der Waals surface area contributed by atoms with Gasteiger partial charge in [0.15, 0.2) is 0 Å². The molecular weight excluding hydrogens is 572 g/mol. The SMILES string of the molecule is O=C(c1ccccc1)N1CCC[C@H]1c1nc2cc(C#Cc3ccc4nc([C@@H]5CCCN5C(=O)c5ccccc5)[nH]c4c3)ccc2[nH]1. The molecule has 2 aromatic heterocycles. The lowest BCUT2D eigenvalue weighted by atomic mass is 10.1. The van der Waals surface area contributed by atoms with E-state index in [2.05, 4.69) is 21.8 Å². The second-order valence-corrected chi connectivity index (χ2v) is 12.0. The maximum absolute atomic E-state index is 13.2. The van der Waals surface area contributed by atoms with Crippen molar-refractivity contribution in [3.05, 3.63) is 131 Å². The molecule has 2 aliphatic rings. The van der Waals surface area contributed by atoms with E-state index in [9.17, 15) is 9.59 Å². The second-order valence-electron chi connectivity index (χ2n) is 12.0. The van der Waals surface area contributed by atoms with Crippen molar-refractivity contribution in [2.45, 2.75) is 37.8 Å². The lowest BCUT2D eigenvalue weighted by Gasteiger charge is -2.23. The molecule has 8 rings (SSSR count). The molecule has 2 fully saturated rings. The molecule has 8 nitrogen and oxygen atoms in total. The van der Waals surface area contributed by atoms with Crippen molar-refractivity contribution in [2.75, 3.05) is 13.1 Å². The van der Waals surface area contributed by atoms with Gasteiger partial charge in [-0.15, -0.1) is 0 Å². The molecule has 0 unspecified atom stereocenters. The van der Waals surface area contributed by atoms with E-state index >= 15 is 0 Å². The summed E-state index contributed by atoms with van der Waals surface area (Å²) in [5, 5.41) is 0. The van der Waals surface area contributed by atoms with Gasteiger partial charge in [0, 0.05) is 35.3 Å². The zero-order valence-electron chi connectivity index (χ0n) is 25.2. The van der Waals surface area contributed by atoms with Crippen molar-refractivity contribution >= 4 is 33.9 Å². The number of imidazole rings is 2. The molecule has 4 aromatic carbocycles. The van der Waals surface area contributed by atoms with E-state index in [0.717, 1.165) is 83.6 Å². The third kappa shape index (κ3) is 5.20. The zero-order chi connectivity index (χ0) is 31.0. The molecule has 46 heavy (non-hydrogen) atoms. The van der Waals surface area contributed by atoms with Crippen LogP contribution in [0.4, 0.5) is 0 Å². The van der Waals surface area contributed by atoms with Gasteiger partial charge in [-0.2, -0.15) is 0 Å². The van der Waals surface area contributed by atoms with E-state index in [0.29, 0.717) is 11.1 Å². The maximum Gasteiger partial charge on any atom is 0.254 e. The predicted molar refractivity (Wildman–Crippen MR) is 177 cm³/mol. The molecule has 0 saturated carbocycles. The van der Waals surface area contributed by atoms with Crippen LogP contribution in [0.3, 0.4) is 0 Å². The van der Waals surface area contributed by atoms with Crippen LogP contribution in [-0.2, 0) is 0 Å². The molecule has 0 bridgehead atoms. The molecule has 2 N–H and O–H groups in total. The molecule has 0 radical (unpaired) electrons. The Morgan fingerprint density at radius 3 is 1.74 bits per heavy atom. The van der Waals surface area contributed by atoms with Crippen LogP contribution in [0.1, 0.15) is 81.3 Å². The summed E-state index contributed by atoms with van der Waals surface area (Å²) in [6.07, 6.45) is 3.66. The minimum atomic E-state index is -0.0760. The predicted octanol–water partition coefficient (Wildman–Crippen LogP) is 6.79. The Kier molecular flexibility index (Phi) is 7.07. The summed E-state index contributed by atoms with van der Waals surface area (Å²) in [4.78, 5) is 46.9. The van der Waals surface area contributed by atoms with Crippen LogP contribution in [0.15, 0.2) is 97.1 Å². The summed E-state index contributed by atoms with van der Waals surface area (Å²) in [5.41, 5.74) is 6.66. The Labute approximate surface area is 266 Å². The first-order valence-electron chi connectivity index (χ1n) is 15.8. The lowest BCUT2D eigenvalue weighted by molar-refractivity contribution is 0.0723. The monoisotopic (exact) mass is 604 g/mol. The molecule has 2 saturated heterocycles. The average Bonchev–Trinajstić information content (AvgIpc) is 3.92. The summed E-state index contributed by atoms with van der Waals surface area (Å²) in [6.45, 7) is 1.44. The zero-order valence-corrected chi connectivity index (χ0v) is 25.2. The summed E-state index contributed by atoms with van der Waals surface area (Å²) in [7, 11) is 0. The van der Waals surface area contributed by atoms with Crippen molar-refractivity contribution in [2.24, 2.45) is 0 Å². The Balaban J connectivity index is 1.01. The molecule has 2 amide bonds. The molecule has 6 aromatic rings. The molecule has 2 atom stereocenters. The average molecular weight is 605 g/mol. The van der Waals surface area contributed by atoms with E-state index in [1.54, 1.807) is 0 Å². The molecule has 0 aliphatic carbocycles. The molecule has 8 heteroatoms. The van der Waals surface area contributed by atoms with Crippen LogP contribution in [0.5, 0.6) is 0 Å². The first-order valence-corrected chi connectivity index (χ1v) is 15.8. The van der Waals surface area contributed by atoms with Crippen molar-refractivity contribution in [3.63, 3.8) is 0 Å². The van der Waals surface area contributed by atoms with Gasteiger partial charge in [0.25, 0.3) is 11.8 Å². The molecule has 0 spiro atoms. The fourth-order valence-corrected chi connectivity index (χ4v) is 6.75. The van der Waals surface area contributed by atoms with Crippen LogP contribution >= 0.6 is 0 Å². The topological polar surface area (TPSA) is 98.0 Å². The highest BCUT2D eigenvalue weighted by Gasteiger charge is 2.34. The van der Waals surface area contributed by atoms with Gasteiger partial charge in [0.1, 0.15) is 11.6 Å². The molecule has 4 heterocycles. The van der Waals surface area contributed by atoms with E-state index in [4.69, 9.17) is 9.97 Å². The van der Waals surface area contributed by atoms with Gasteiger partial charge in [0.05, 0.1) is 34.2 Å². The Hall–Kier alpha value is -5.68. The van der Waals surface area contributed by atoms with Gasteiger partial charge in [0.2, 0.25) is 0 Å². The van der Waals surface area contributed by atoms with Gasteiger partial charge in [-0.3, -0.25) is 9.59 Å². The fourth-order valence-electron chi connectivity index (χ4n) is 6.75. The van der Waals surface area contributed by atoms with E-state index in [-0.39, 0.29) is 23.9 Å². The highest BCUT2D eigenvalue weighted by Crippen LogP contribution is 2.34. The third-order valence-corrected chi connectivity index (χ3v) is 9.05.